The highest BCUT2D eigenvalue weighted by Crippen LogP contribution is 2.30. The van der Waals surface area contributed by atoms with Gasteiger partial charge in [-0.1, -0.05) is 30.8 Å². The predicted octanol–water partition coefficient (Wildman–Crippen LogP) is 3.67. The molecular formula is C36H45N3O10. The predicted molar refractivity (Wildman–Crippen MR) is 179 cm³/mol. The summed E-state index contributed by atoms with van der Waals surface area (Å²) in [5, 5.41) is 11.7. The Hall–Kier alpha value is -5.04. The molecule has 0 bridgehead atoms. The van der Waals surface area contributed by atoms with Gasteiger partial charge in [-0.15, -0.1) is 0 Å². The molecule has 0 spiro atoms. The van der Waals surface area contributed by atoms with E-state index in [1.54, 1.807) is 31.4 Å². The number of Topliss-reactive ketones (excluding diaryl/α,β-unsaturated/α-hetero) is 1. The van der Waals surface area contributed by atoms with Crippen LogP contribution in [0.3, 0.4) is 0 Å². The van der Waals surface area contributed by atoms with Crippen molar-refractivity contribution in [2.45, 2.75) is 77.5 Å². The highest BCUT2D eigenvalue weighted by atomic mass is 16.5. The fourth-order valence-corrected chi connectivity index (χ4v) is 5.36. The third-order valence-corrected chi connectivity index (χ3v) is 8.28. The van der Waals surface area contributed by atoms with Crippen molar-refractivity contribution in [3.05, 3.63) is 71.8 Å². The standard InChI is InChI=1S/C36H45N3O10/c1-6-31(41)48-21-36(3,4)32(42)33(43)39-17-8-7-12-27(39)35(46)49-28(16-15-23-14-13-22(2)29(18-23)47-5)24-10-9-11-25(19-24)38-30(40)20-26(37)34(44)45/h6,9-11,13-14,18-19,26-28H,1,7-8,12,15-17,20-21,37H2,2-5H3,(H,38,40)(H,44,45)/t26-,27-,28+/m0/s1. The van der Waals surface area contributed by atoms with Gasteiger partial charge >= 0.3 is 17.9 Å². The van der Waals surface area contributed by atoms with Crippen LogP contribution in [0.25, 0.3) is 0 Å². The molecule has 1 aliphatic rings. The van der Waals surface area contributed by atoms with E-state index in [0.29, 0.717) is 42.7 Å². The van der Waals surface area contributed by atoms with Gasteiger partial charge in [0, 0.05) is 18.3 Å². The average Bonchev–Trinajstić information content (AvgIpc) is 3.08. The Morgan fingerprint density at radius 2 is 1.86 bits per heavy atom. The lowest BCUT2D eigenvalue weighted by Gasteiger charge is -2.36. The summed E-state index contributed by atoms with van der Waals surface area (Å²) in [7, 11) is 1.58. The molecule has 3 rings (SSSR count). The number of hydrogen-bond acceptors (Lipinski definition) is 10. The number of methoxy groups -OCH3 is 1. The zero-order chi connectivity index (χ0) is 36.3. The normalized spacial score (nSPS) is 15.7. The highest BCUT2D eigenvalue weighted by molar-refractivity contribution is 6.38. The summed E-state index contributed by atoms with van der Waals surface area (Å²) in [5.41, 5.74) is 6.93. The van der Waals surface area contributed by atoms with Crippen molar-refractivity contribution >= 4 is 41.2 Å². The molecule has 0 aromatic heterocycles. The number of nitrogens with one attached hydrogen (secondary N) is 1. The van der Waals surface area contributed by atoms with Gasteiger partial charge in [-0.05, 0) is 87.8 Å². The van der Waals surface area contributed by atoms with Crippen LogP contribution in [0.1, 0.15) is 68.7 Å². The quantitative estimate of drug-likeness (QED) is 0.133. The summed E-state index contributed by atoms with van der Waals surface area (Å²) in [6, 6.07) is 9.99. The van der Waals surface area contributed by atoms with Crippen LogP contribution in [0.2, 0.25) is 0 Å². The van der Waals surface area contributed by atoms with Crippen molar-refractivity contribution < 1.29 is 48.1 Å². The summed E-state index contributed by atoms with van der Waals surface area (Å²) in [4.78, 5) is 77.0. The summed E-state index contributed by atoms with van der Waals surface area (Å²) < 4.78 is 16.6. The number of aryl methyl sites for hydroxylation is 2. The number of hydrogen-bond donors (Lipinski definition) is 3. The number of likely N-dealkylation sites (tertiary alicyclic amines) is 1. The third-order valence-electron chi connectivity index (χ3n) is 8.28. The van der Waals surface area contributed by atoms with E-state index in [0.717, 1.165) is 17.2 Å². The van der Waals surface area contributed by atoms with E-state index in [9.17, 15) is 28.8 Å². The number of piperidine rings is 1. The maximum atomic E-state index is 13.9. The van der Waals surface area contributed by atoms with E-state index < -0.39 is 65.5 Å². The van der Waals surface area contributed by atoms with Crippen molar-refractivity contribution in [3.63, 3.8) is 0 Å². The highest BCUT2D eigenvalue weighted by Gasteiger charge is 2.42. The molecule has 13 heteroatoms. The minimum Gasteiger partial charge on any atom is -0.496 e. The molecule has 0 radical (unpaired) electrons. The summed E-state index contributed by atoms with van der Waals surface area (Å²) in [6.45, 7) is 8.05. The first kappa shape index (κ1) is 38.4. The molecule has 0 saturated carbocycles. The molecule has 1 aliphatic heterocycles. The van der Waals surface area contributed by atoms with Gasteiger partial charge in [-0.2, -0.15) is 0 Å². The minimum atomic E-state index is -1.37. The van der Waals surface area contributed by atoms with Gasteiger partial charge in [-0.3, -0.25) is 19.2 Å². The first-order valence-corrected chi connectivity index (χ1v) is 16.0. The molecule has 49 heavy (non-hydrogen) atoms. The van der Waals surface area contributed by atoms with Gasteiger partial charge in [-0.25, -0.2) is 9.59 Å². The summed E-state index contributed by atoms with van der Waals surface area (Å²) >= 11 is 0. The Morgan fingerprint density at radius 3 is 2.53 bits per heavy atom. The first-order chi connectivity index (χ1) is 23.2. The molecule has 2 aromatic carbocycles. The molecule has 13 nitrogen and oxygen atoms in total. The van der Waals surface area contributed by atoms with Gasteiger partial charge in [0.2, 0.25) is 11.7 Å². The molecule has 264 valence electrons. The zero-order valence-corrected chi connectivity index (χ0v) is 28.4. The number of esters is 2. The number of carbonyl (C=O) groups excluding carboxylic acids is 5. The Morgan fingerprint density at radius 1 is 1.12 bits per heavy atom. The van der Waals surface area contributed by atoms with Gasteiger partial charge in [0.05, 0.1) is 18.9 Å². The van der Waals surface area contributed by atoms with Crippen molar-refractivity contribution in [2.75, 3.05) is 25.6 Å². The number of carbonyl (C=O) groups is 6. The summed E-state index contributed by atoms with van der Waals surface area (Å²) in [5.74, 6) is -4.29. The number of amides is 2. The van der Waals surface area contributed by atoms with E-state index in [4.69, 9.17) is 25.1 Å². The van der Waals surface area contributed by atoms with Gasteiger partial charge in [0.15, 0.2) is 0 Å². The topological polar surface area (TPSA) is 192 Å². The smallest absolute Gasteiger partial charge is 0.330 e. The second-order valence-corrected chi connectivity index (χ2v) is 12.6. The molecule has 1 saturated heterocycles. The lowest BCUT2D eigenvalue weighted by Crippen LogP contribution is -2.53. The lowest BCUT2D eigenvalue weighted by atomic mass is 9.87. The number of anilines is 1. The molecular weight excluding hydrogens is 634 g/mol. The largest absolute Gasteiger partial charge is 0.496 e. The molecule has 0 aliphatic carbocycles. The molecule has 2 amide bonds. The SMILES string of the molecule is C=CC(=O)OCC(C)(C)C(=O)C(=O)N1CCCC[C@H]1C(=O)O[C@H](CCc1ccc(C)c(OC)c1)c1cccc(NC(=O)C[C@H](N)C(=O)O)c1. The van der Waals surface area contributed by atoms with E-state index in [-0.39, 0.29) is 19.6 Å². The molecule has 2 aromatic rings. The van der Waals surface area contributed by atoms with Crippen molar-refractivity contribution in [3.8, 4) is 5.75 Å². The van der Waals surface area contributed by atoms with Crippen LogP contribution in [0.4, 0.5) is 5.69 Å². The lowest BCUT2D eigenvalue weighted by molar-refractivity contribution is -0.165. The molecule has 0 unspecified atom stereocenters. The molecule has 4 N–H and O–H groups in total. The number of ether oxygens (including phenoxy) is 3. The summed E-state index contributed by atoms with van der Waals surface area (Å²) in [6.07, 6.45) is 1.98. The van der Waals surface area contributed by atoms with E-state index in [2.05, 4.69) is 11.9 Å². The third kappa shape index (κ3) is 10.7. The first-order valence-electron chi connectivity index (χ1n) is 16.0. The number of carboxylic acid groups (broad SMARTS) is 1. The number of nitrogens with two attached hydrogens (primary N) is 1. The van der Waals surface area contributed by atoms with Crippen LogP contribution in [-0.4, -0.2) is 77.9 Å². The minimum absolute atomic E-state index is 0.167. The number of aliphatic carboxylic acids is 1. The van der Waals surface area contributed by atoms with E-state index in [1.807, 2.05) is 25.1 Å². The monoisotopic (exact) mass is 679 g/mol. The Kier molecular flexibility index (Phi) is 13.6. The van der Waals surface area contributed by atoms with Gasteiger partial charge < -0.3 is 35.3 Å². The van der Waals surface area contributed by atoms with Crippen molar-refractivity contribution in [1.29, 1.82) is 0 Å². The van der Waals surface area contributed by atoms with Crippen LogP contribution < -0.4 is 15.8 Å². The van der Waals surface area contributed by atoms with Crippen LogP contribution in [-0.2, 0) is 44.7 Å². The second-order valence-electron chi connectivity index (χ2n) is 12.6. The number of carboxylic acids is 1. The van der Waals surface area contributed by atoms with Gasteiger partial charge in [0.1, 0.15) is 30.5 Å². The van der Waals surface area contributed by atoms with Crippen LogP contribution >= 0.6 is 0 Å². The van der Waals surface area contributed by atoms with Gasteiger partial charge in [0.25, 0.3) is 5.91 Å². The van der Waals surface area contributed by atoms with E-state index >= 15 is 0 Å². The Bertz CT molecular complexity index is 1570. The number of nitrogens with zero attached hydrogens (tertiary/aromatic N) is 1. The number of ketones is 1. The van der Waals surface area contributed by atoms with Crippen LogP contribution in [0.5, 0.6) is 5.75 Å². The van der Waals surface area contributed by atoms with Crippen molar-refractivity contribution in [1.82, 2.24) is 4.90 Å². The van der Waals surface area contributed by atoms with Crippen molar-refractivity contribution in [2.24, 2.45) is 11.1 Å². The fraction of sp³-hybridized carbons (Fsp3) is 0.444. The second kappa shape index (κ2) is 17.4. The number of benzene rings is 2. The average molecular weight is 680 g/mol. The maximum Gasteiger partial charge on any atom is 0.330 e. The fourth-order valence-electron chi connectivity index (χ4n) is 5.36. The number of rotatable bonds is 16. The maximum absolute atomic E-state index is 13.9. The molecule has 1 heterocycles. The Labute approximate surface area is 285 Å². The van der Waals surface area contributed by atoms with Crippen LogP contribution in [0, 0.1) is 12.3 Å². The molecule has 1 fully saturated rings. The van der Waals surface area contributed by atoms with E-state index in [1.165, 1.54) is 18.7 Å². The zero-order valence-electron chi connectivity index (χ0n) is 28.4. The Balaban J connectivity index is 1.86. The molecule has 3 atom stereocenters. The van der Waals surface area contributed by atoms with Crippen LogP contribution in [0.15, 0.2) is 55.1 Å².